The first kappa shape index (κ1) is 13.3. The van der Waals surface area contributed by atoms with Crippen LogP contribution in [-0.4, -0.2) is 22.7 Å². The lowest BCUT2D eigenvalue weighted by Gasteiger charge is -2.28. The zero-order valence-corrected chi connectivity index (χ0v) is 11.9. The number of benzene rings is 2. The Morgan fingerprint density at radius 1 is 0.900 bits per heavy atom. The maximum atomic E-state index is 9.72. The van der Waals surface area contributed by atoms with Gasteiger partial charge in [0.25, 0.3) is 0 Å². The number of nitrogens with zero attached hydrogens (tertiary/aromatic N) is 1. The van der Waals surface area contributed by atoms with E-state index in [1.165, 1.54) is 22.3 Å². The van der Waals surface area contributed by atoms with E-state index in [1.54, 1.807) is 0 Å². The number of aliphatic hydroxyl groups is 1. The molecule has 1 aliphatic rings. The Hall–Kier alpha value is -1.64. The number of fused-ring (bicyclic) bond motifs is 2. The van der Waals surface area contributed by atoms with E-state index in [9.17, 15) is 5.11 Å². The lowest BCUT2D eigenvalue weighted by Crippen LogP contribution is -2.31. The SMILES string of the molecule is C[C@H](O)CN1Cc2ccccc2Cc2ccccc2C1. The molecule has 3 rings (SSSR count). The van der Waals surface area contributed by atoms with E-state index in [-0.39, 0.29) is 6.10 Å². The van der Waals surface area contributed by atoms with Crippen molar-refractivity contribution in [2.24, 2.45) is 0 Å². The van der Waals surface area contributed by atoms with Crippen LogP contribution in [0, 0.1) is 0 Å². The molecule has 0 saturated heterocycles. The van der Waals surface area contributed by atoms with Crippen LogP contribution >= 0.6 is 0 Å². The predicted octanol–water partition coefficient (Wildman–Crippen LogP) is 2.97. The number of aliphatic hydroxyl groups excluding tert-OH is 1. The van der Waals surface area contributed by atoms with E-state index in [0.717, 1.165) is 19.5 Å². The molecule has 2 nitrogen and oxygen atoms in total. The maximum absolute atomic E-state index is 9.72. The van der Waals surface area contributed by atoms with E-state index in [0.29, 0.717) is 6.54 Å². The summed E-state index contributed by atoms with van der Waals surface area (Å²) in [7, 11) is 0. The molecule has 2 aromatic carbocycles. The molecule has 0 amide bonds. The van der Waals surface area contributed by atoms with E-state index in [1.807, 2.05) is 6.92 Å². The Morgan fingerprint density at radius 2 is 1.35 bits per heavy atom. The number of β-amino-alcohol motifs (C(OH)–C–C–N with tert-alkyl or cyclic N) is 1. The predicted molar refractivity (Wildman–Crippen MR) is 81.5 cm³/mol. The molecule has 20 heavy (non-hydrogen) atoms. The minimum atomic E-state index is -0.297. The van der Waals surface area contributed by atoms with Gasteiger partial charge in [-0.1, -0.05) is 48.5 Å². The van der Waals surface area contributed by atoms with Crippen molar-refractivity contribution in [1.29, 1.82) is 0 Å². The molecule has 1 N–H and O–H groups in total. The van der Waals surface area contributed by atoms with Crippen LogP contribution in [0.2, 0.25) is 0 Å². The molecule has 1 aliphatic heterocycles. The second-order valence-electron chi connectivity index (χ2n) is 5.73. The van der Waals surface area contributed by atoms with Crippen molar-refractivity contribution in [3.05, 3.63) is 70.8 Å². The summed E-state index contributed by atoms with van der Waals surface area (Å²) in [6.45, 7) is 4.39. The van der Waals surface area contributed by atoms with Gasteiger partial charge in [0.1, 0.15) is 0 Å². The first-order valence-electron chi connectivity index (χ1n) is 7.26. The van der Waals surface area contributed by atoms with Gasteiger partial charge in [0, 0.05) is 19.6 Å². The first-order valence-corrected chi connectivity index (χ1v) is 7.26. The average molecular weight is 267 g/mol. The summed E-state index contributed by atoms with van der Waals surface area (Å²) >= 11 is 0. The van der Waals surface area contributed by atoms with Crippen molar-refractivity contribution in [1.82, 2.24) is 4.90 Å². The highest BCUT2D eigenvalue weighted by Crippen LogP contribution is 2.24. The molecule has 1 heterocycles. The van der Waals surface area contributed by atoms with Crippen LogP contribution in [0.15, 0.2) is 48.5 Å². The van der Waals surface area contributed by atoms with Gasteiger partial charge in [-0.2, -0.15) is 0 Å². The second-order valence-corrected chi connectivity index (χ2v) is 5.73. The third kappa shape index (κ3) is 2.92. The molecule has 0 aliphatic carbocycles. The van der Waals surface area contributed by atoms with Gasteiger partial charge < -0.3 is 5.11 Å². The third-order valence-corrected chi connectivity index (χ3v) is 3.93. The fraction of sp³-hybridized carbons (Fsp3) is 0.333. The Morgan fingerprint density at radius 3 is 1.80 bits per heavy atom. The summed E-state index contributed by atoms with van der Waals surface area (Å²) in [6.07, 6.45) is 0.711. The lowest BCUT2D eigenvalue weighted by molar-refractivity contribution is 0.117. The monoisotopic (exact) mass is 267 g/mol. The Balaban J connectivity index is 2.00. The van der Waals surface area contributed by atoms with Crippen LogP contribution in [0.4, 0.5) is 0 Å². The Bertz CT molecular complexity index is 544. The molecule has 2 heteroatoms. The maximum Gasteiger partial charge on any atom is 0.0639 e. The normalized spacial score (nSPS) is 16.7. The topological polar surface area (TPSA) is 23.5 Å². The summed E-state index contributed by atoms with van der Waals surface area (Å²) < 4.78 is 0. The molecule has 104 valence electrons. The molecule has 0 radical (unpaired) electrons. The standard InChI is InChI=1S/C18H21NO/c1-14(20)11-19-12-17-8-4-2-6-15(17)10-16-7-3-5-9-18(16)13-19/h2-9,14,20H,10-13H2,1H3/t14-/m0/s1. The van der Waals surface area contributed by atoms with Crippen LogP contribution < -0.4 is 0 Å². The Labute approximate surface area is 120 Å². The summed E-state index contributed by atoms with van der Waals surface area (Å²) in [5.74, 6) is 0. The molecule has 1 atom stereocenters. The van der Waals surface area contributed by atoms with Crippen molar-refractivity contribution in [2.75, 3.05) is 6.54 Å². The van der Waals surface area contributed by atoms with E-state index in [4.69, 9.17) is 0 Å². The highest BCUT2D eigenvalue weighted by Gasteiger charge is 2.17. The van der Waals surface area contributed by atoms with E-state index < -0.39 is 0 Å². The van der Waals surface area contributed by atoms with Crippen LogP contribution in [0.1, 0.15) is 29.2 Å². The summed E-state index contributed by atoms with van der Waals surface area (Å²) in [6, 6.07) is 17.3. The number of hydrogen-bond acceptors (Lipinski definition) is 2. The van der Waals surface area contributed by atoms with Gasteiger partial charge in [-0.3, -0.25) is 4.90 Å². The van der Waals surface area contributed by atoms with Crippen LogP contribution in [0.5, 0.6) is 0 Å². The van der Waals surface area contributed by atoms with Crippen molar-refractivity contribution in [3.8, 4) is 0 Å². The fourth-order valence-corrected chi connectivity index (χ4v) is 3.01. The van der Waals surface area contributed by atoms with Crippen molar-refractivity contribution >= 4 is 0 Å². The van der Waals surface area contributed by atoms with Gasteiger partial charge in [-0.15, -0.1) is 0 Å². The van der Waals surface area contributed by atoms with Crippen molar-refractivity contribution in [3.63, 3.8) is 0 Å². The minimum absolute atomic E-state index is 0.297. The quantitative estimate of drug-likeness (QED) is 0.904. The highest BCUT2D eigenvalue weighted by atomic mass is 16.3. The van der Waals surface area contributed by atoms with E-state index >= 15 is 0 Å². The fourth-order valence-electron chi connectivity index (χ4n) is 3.01. The zero-order chi connectivity index (χ0) is 13.9. The van der Waals surface area contributed by atoms with E-state index in [2.05, 4.69) is 53.4 Å². The molecule has 0 spiro atoms. The molecule has 0 bridgehead atoms. The van der Waals surface area contributed by atoms with Gasteiger partial charge >= 0.3 is 0 Å². The van der Waals surface area contributed by atoms with Crippen LogP contribution in [-0.2, 0) is 19.5 Å². The Kier molecular flexibility index (Phi) is 3.86. The molecular weight excluding hydrogens is 246 g/mol. The molecule has 0 fully saturated rings. The molecular formula is C18H21NO. The number of rotatable bonds is 2. The smallest absolute Gasteiger partial charge is 0.0639 e. The molecule has 0 unspecified atom stereocenters. The largest absolute Gasteiger partial charge is 0.392 e. The van der Waals surface area contributed by atoms with Crippen molar-refractivity contribution in [2.45, 2.75) is 32.5 Å². The highest BCUT2D eigenvalue weighted by molar-refractivity contribution is 5.38. The molecule has 2 aromatic rings. The van der Waals surface area contributed by atoms with Gasteiger partial charge in [0.2, 0.25) is 0 Å². The van der Waals surface area contributed by atoms with Crippen LogP contribution in [0.3, 0.4) is 0 Å². The van der Waals surface area contributed by atoms with Gasteiger partial charge in [-0.25, -0.2) is 0 Å². The van der Waals surface area contributed by atoms with Crippen LogP contribution in [0.25, 0.3) is 0 Å². The zero-order valence-electron chi connectivity index (χ0n) is 11.9. The lowest BCUT2D eigenvalue weighted by atomic mass is 9.93. The average Bonchev–Trinajstić information content (AvgIpc) is 2.40. The first-order chi connectivity index (χ1) is 9.72. The van der Waals surface area contributed by atoms with Crippen molar-refractivity contribution < 1.29 is 5.11 Å². The third-order valence-electron chi connectivity index (χ3n) is 3.93. The summed E-state index contributed by atoms with van der Waals surface area (Å²) in [5.41, 5.74) is 5.55. The molecule has 0 aromatic heterocycles. The summed E-state index contributed by atoms with van der Waals surface area (Å²) in [4.78, 5) is 2.33. The summed E-state index contributed by atoms with van der Waals surface area (Å²) in [5, 5.41) is 9.72. The number of hydrogen-bond donors (Lipinski definition) is 1. The molecule has 0 saturated carbocycles. The minimum Gasteiger partial charge on any atom is -0.392 e. The van der Waals surface area contributed by atoms with Gasteiger partial charge in [0.05, 0.1) is 6.10 Å². The van der Waals surface area contributed by atoms with Gasteiger partial charge in [0.15, 0.2) is 0 Å². The van der Waals surface area contributed by atoms with Gasteiger partial charge in [-0.05, 0) is 35.6 Å². The second kappa shape index (κ2) is 5.78.